The third-order valence-corrected chi connectivity index (χ3v) is 4.04. The highest BCUT2D eigenvalue weighted by Crippen LogP contribution is 2.26. The van der Waals surface area contributed by atoms with Gasteiger partial charge in [0.1, 0.15) is 16.8 Å². The van der Waals surface area contributed by atoms with E-state index >= 15 is 0 Å². The van der Waals surface area contributed by atoms with Gasteiger partial charge in [0.15, 0.2) is 5.82 Å². The lowest BCUT2D eigenvalue weighted by Gasteiger charge is -2.31. The quantitative estimate of drug-likeness (QED) is 0.294. The number of amides is 1. The molecule has 0 aliphatic heterocycles. The van der Waals surface area contributed by atoms with Crippen molar-refractivity contribution in [3.8, 4) is 5.75 Å². The molecule has 0 spiro atoms. The van der Waals surface area contributed by atoms with Crippen molar-refractivity contribution in [2.45, 2.75) is 38.6 Å². The van der Waals surface area contributed by atoms with Gasteiger partial charge in [-0.2, -0.15) is 4.98 Å². The molecular formula is C15H21IN6O2. The lowest BCUT2D eigenvalue weighted by atomic mass is 9.94. The molecule has 0 radical (unpaired) electrons. The maximum Gasteiger partial charge on any atom is 0.280 e. The smallest absolute Gasteiger partial charge is 0.280 e. The van der Waals surface area contributed by atoms with E-state index in [1.807, 2.05) is 6.92 Å². The maximum atomic E-state index is 11.3. The highest BCUT2D eigenvalue weighted by Gasteiger charge is 2.26. The van der Waals surface area contributed by atoms with Gasteiger partial charge in [-0.15, -0.1) is 0 Å². The van der Waals surface area contributed by atoms with Gasteiger partial charge in [-0.25, -0.2) is 9.97 Å². The van der Waals surface area contributed by atoms with Gasteiger partial charge in [0.25, 0.3) is 3.91 Å². The summed E-state index contributed by atoms with van der Waals surface area (Å²) < 4.78 is -0.118. The van der Waals surface area contributed by atoms with Crippen LogP contribution in [-0.4, -0.2) is 36.1 Å². The topological polar surface area (TPSA) is 126 Å². The third kappa shape index (κ3) is 4.79. The number of unbranched alkanes of at least 4 members (excludes halogenated alkanes) is 1. The summed E-state index contributed by atoms with van der Waals surface area (Å²) >= 11 is 1.71. The Morgan fingerprint density at radius 2 is 2.21 bits per heavy atom. The van der Waals surface area contributed by atoms with Crippen molar-refractivity contribution in [1.29, 1.82) is 0 Å². The van der Waals surface area contributed by atoms with Crippen LogP contribution in [0.2, 0.25) is 0 Å². The minimum Gasteiger partial charge on any atom is -0.506 e. The molecule has 0 saturated heterocycles. The van der Waals surface area contributed by atoms with Gasteiger partial charge < -0.3 is 21.5 Å². The van der Waals surface area contributed by atoms with E-state index < -0.39 is 5.54 Å². The predicted molar refractivity (Wildman–Crippen MR) is 102 cm³/mol. The summed E-state index contributed by atoms with van der Waals surface area (Å²) in [7, 11) is 0. The zero-order chi connectivity index (χ0) is 17.7. The van der Waals surface area contributed by atoms with Gasteiger partial charge in [0, 0.05) is 35.2 Å². The molecule has 1 amide bonds. The number of nitrogens with one attached hydrogen (secondary N) is 2. The van der Waals surface area contributed by atoms with Crippen molar-refractivity contribution < 1.29 is 9.90 Å². The highest BCUT2D eigenvalue weighted by atomic mass is 127. The van der Waals surface area contributed by atoms with Crippen LogP contribution in [-0.2, 0) is 0 Å². The Labute approximate surface area is 153 Å². The molecule has 2 heterocycles. The first-order valence-corrected chi connectivity index (χ1v) is 8.74. The van der Waals surface area contributed by atoms with Gasteiger partial charge >= 0.3 is 0 Å². The van der Waals surface area contributed by atoms with Gasteiger partial charge in [-0.3, -0.25) is 4.79 Å². The standard InChI is InChI=1S/C15H21IN6O2/c1-3-4-5-15(2,8-19-13(16)24)22-12-11-10(20-14(17)21-12)6-9(23)7-18-11/h6-7,23H,3-5,8H2,1-2H3,(H,19,24)(H3,17,20,21,22)/t15-/m1/s1. The molecule has 0 aliphatic rings. The Hall–Kier alpha value is -1.91. The third-order valence-electron chi connectivity index (χ3n) is 3.66. The second kappa shape index (κ2) is 7.77. The Balaban J connectivity index is 2.37. The molecule has 1 atom stereocenters. The molecule has 0 aliphatic carbocycles. The lowest BCUT2D eigenvalue weighted by Crippen LogP contribution is -2.45. The van der Waals surface area contributed by atoms with Crippen LogP contribution in [0.25, 0.3) is 11.0 Å². The zero-order valence-corrected chi connectivity index (χ0v) is 15.8. The van der Waals surface area contributed by atoms with E-state index in [4.69, 9.17) is 5.73 Å². The summed E-state index contributed by atoms with van der Waals surface area (Å²) in [5.74, 6) is 0.587. The van der Waals surface area contributed by atoms with E-state index in [0.717, 1.165) is 19.3 Å². The number of anilines is 2. The van der Waals surface area contributed by atoms with E-state index in [1.165, 1.54) is 12.3 Å². The molecule has 24 heavy (non-hydrogen) atoms. The number of carbonyl (C=O) groups excluding carboxylic acids is 1. The molecule has 0 aromatic carbocycles. The van der Waals surface area contributed by atoms with Crippen molar-refractivity contribution in [2.24, 2.45) is 0 Å². The summed E-state index contributed by atoms with van der Waals surface area (Å²) in [4.78, 5) is 23.8. The largest absolute Gasteiger partial charge is 0.506 e. The van der Waals surface area contributed by atoms with Crippen LogP contribution >= 0.6 is 22.6 Å². The average molecular weight is 444 g/mol. The number of pyridine rings is 1. The zero-order valence-electron chi connectivity index (χ0n) is 13.6. The Kier molecular flexibility index (Phi) is 5.97. The summed E-state index contributed by atoms with van der Waals surface area (Å²) in [6.45, 7) is 4.57. The van der Waals surface area contributed by atoms with Crippen LogP contribution in [0.3, 0.4) is 0 Å². The van der Waals surface area contributed by atoms with Crippen molar-refractivity contribution in [2.75, 3.05) is 17.6 Å². The number of aromatic nitrogens is 3. The molecule has 0 unspecified atom stereocenters. The molecule has 2 rings (SSSR count). The lowest BCUT2D eigenvalue weighted by molar-refractivity contribution is 0.260. The van der Waals surface area contributed by atoms with Crippen molar-refractivity contribution in [3.05, 3.63) is 12.3 Å². The fourth-order valence-electron chi connectivity index (χ4n) is 2.43. The molecule has 9 heteroatoms. The fourth-order valence-corrected chi connectivity index (χ4v) is 2.62. The van der Waals surface area contributed by atoms with E-state index in [-0.39, 0.29) is 15.6 Å². The minimum absolute atomic E-state index is 0.0115. The first kappa shape index (κ1) is 18.4. The Morgan fingerprint density at radius 3 is 2.88 bits per heavy atom. The van der Waals surface area contributed by atoms with E-state index in [9.17, 15) is 9.90 Å². The molecule has 0 bridgehead atoms. The number of nitrogens with two attached hydrogens (primary N) is 1. The maximum absolute atomic E-state index is 11.3. The molecular weight excluding hydrogens is 423 g/mol. The monoisotopic (exact) mass is 444 g/mol. The van der Waals surface area contributed by atoms with Crippen molar-refractivity contribution in [1.82, 2.24) is 20.3 Å². The number of fused-ring (bicyclic) bond motifs is 1. The number of hydrogen-bond donors (Lipinski definition) is 4. The SMILES string of the molecule is CCCC[C@](C)(CNC(=O)I)Nc1nc(N)nc2cc(O)cnc12. The second-order valence-corrected chi connectivity index (χ2v) is 6.89. The number of rotatable bonds is 7. The number of halogens is 1. The minimum atomic E-state index is -0.413. The van der Waals surface area contributed by atoms with Crippen LogP contribution in [0.5, 0.6) is 5.75 Å². The molecule has 130 valence electrons. The number of carbonyl (C=O) groups is 1. The van der Waals surface area contributed by atoms with Crippen LogP contribution in [0.15, 0.2) is 12.3 Å². The molecule has 8 nitrogen and oxygen atoms in total. The van der Waals surface area contributed by atoms with Crippen LogP contribution < -0.4 is 16.4 Å². The van der Waals surface area contributed by atoms with Crippen LogP contribution in [0, 0.1) is 0 Å². The van der Waals surface area contributed by atoms with Gasteiger partial charge in [-0.05, 0) is 13.3 Å². The summed E-state index contributed by atoms with van der Waals surface area (Å²) in [6, 6.07) is 1.49. The van der Waals surface area contributed by atoms with Crippen molar-refractivity contribution >= 4 is 49.3 Å². The van der Waals surface area contributed by atoms with Gasteiger partial charge in [0.2, 0.25) is 5.95 Å². The fraction of sp³-hybridized carbons (Fsp3) is 0.467. The van der Waals surface area contributed by atoms with Crippen LogP contribution in [0.4, 0.5) is 16.6 Å². The summed E-state index contributed by atoms with van der Waals surface area (Å²) in [5, 5.41) is 15.8. The Morgan fingerprint density at radius 1 is 1.46 bits per heavy atom. The summed E-state index contributed by atoms with van der Waals surface area (Å²) in [5.41, 5.74) is 6.34. The summed E-state index contributed by atoms with van der Waals surface area (Å²) in [6.07, 6.45) is 4.20. The van der Waals surface area contributed by atoms with Crippen molar-refractivity contribution in [3.63, 3.8) is 0 Å². The first-order chi connectivity index (χ1) is 11.3. The average Bonchev–Trinajstić information content (AvgIpc) is 2.50. The van der Waals surface area contributed by atoms with E-state index in [1.54, 1.807) is 22.6 Å². The first-order valence-electron chi connectivity index (χ1n) is 7.67. The molecule has 2 aromatic heterocycles. The molecule has 0 saturated carbocycles. The molecule has 5 N–H and O–H groups in total. The number of nitrogens with zero attached hydrogens (tertiary/aromatic N) is 3. The number of nitrogen functional groups attached to an aromatic ring is 1. The Bertz CT molecular complexity index is 736. The van der Waals surface area contributed by atoms with E-state index in [2.05, 4.69) is 32.5 Å². The van der Waals surface area contributed by atoms with E-state index in [0.29, 0.717) is 23.4 Å². The second-order valence-electron chi connectivity index (χ2n) is 5.91. The van der Waals surface area contributed by atoms with Gasteiger partial charge in [0.05, 0.1) is 11.7 Å². The number of hydrogen-bond acceptors (Lipinski definition) is 7. The predicted octanol–water partition coefficient (Wildman–Crippen LogP) is 2.82. The van der Waals surface area contributed by atoms with Crippen LogP contribution in [0.1, 0.15) is 33.1 Å². The molecule has 0 fully saturated rings. The number of aromatic hydroxyl groups is 1. The van der Waals surface area contributed by atoms with Gasteiger partial charge in [-0.1, -0.05) is 19.8 Å². The highest BCUT2D eigenvalue weighted by molar-refractivity contribution is 14.1. The molecule has 2 aromatic rings. The normalized spacial score (nSPS) is 13.5.